The summed E-state index contributed by atoms with van der Waals surface area (Å²) in [7, 11) is 2.00. The van der Waals surface area contributed by atoms with Crippen molar-refractivity contribution in [3.8, 4) is 5.75 Å². The largest absolute Gasteiger partial charge is 0.491 e. The Hall–Kier alpha value is -1.39. The van der Waals surface area contributed by atoms with E-state index in [4.69, 9.17) is 9.72 Å². The van der Waals surface area contributed by atoms with Crippen molar-refractivity contribution in [2.75, 3.05) is 7.05 Å². The zero-order valence-corrected chi connectivity index (χ0v) is 13.7. The number of nitrogens with one attached hydrogen (secondary N) is 1. The van der Waals surface area contributed by atoms with E-state index in [0.29, 0.717) is 0 Å². The van der Waals surface area contributed by atoms with Crippen molar-refractivity contribution in [2.24, 2.45) is 0 Å². The maximum Gasteiger partial charge on any atom is 0.119 e. The lowest BCUT2D eigenvalue weighted by Gasteiger charge is -2.15. The monoisotopic (exact) mass is 302 g/mol. The molecule has 0 spiro atoms. The second-order valence-corrected chi connectivity index (χ2v) is 6.85. The fourth-order valence-electron chi connectivity index (χ4n) is 2.78. The fourth-order valence-corrected chi connectivity index (χ4v) is 4.07. The van der Waals surface area contributed by atoms with Gasteiger partial charge >= 0.3 is 0 Å². The van der Waals surface area contributed by atoms with Crippen LogP contribution in [0.25, 0.3) is 0 Å². The lowest BCUT2D eigenvalue weighted by atomic mass is 10.1. The number of ether oxygens (including phenoxy) is 1. The van der Waals surface area contributed by atoms with E-state index in [2.05, 4.69) is 17.4 Å². The third-order valence-electron chi connectivity index (χ3n) is 3.73. The highest BCUT2D eigenvalue weighted by Crippen LogP contribution is 2.33. The van der Waals surface area contributed by atoms with Gasteiger partial charge in [0.1, 0.15) is 10.8 Å². The van der Waals surface area contributed by atoms with Crippen molar-refractivity contribution in [1.82, 2.24) is 10.3 Å². The first kappa shape index (κ1) is 14.5. The van der Waals surface area contributed by atoms with Crippen LogP contribution in [-0.2, 0) is 12.8 Å². The molecule has 1 atom stereocenters. The molecule has 3 rings (SSSR count). The van der Waals surface area contributed by atoms with Crippen LogP contribution in [0.2, 0.25) is 0 Å². The van der Waals surface area contributed by atoms with E-state index in [9.17, 15) is 0 Å². The average Bonchev–Trinajstić information content (AvgIpc) is 3.02. The van der Waals surface area contributed by atoms with Crippen molar-refractivity contribution in [2.45, 2.75) is 45.3 Å². The molecule has 1 aromatic carbocycles. The molecule has 1 unspecified atom stereocenters. The molecule has 2 aromatic rings. The first-order valence-corrected chi connectivity index (χ1v) is 8.41. The van der Waals surface area contributed by atoms with E-state index in [1.165, 1.54) is 34.0 Å². The topological polar surface area (TPSA) is 34.1 Å². The van der Waals surface area contributed by atoms with Crippen LogP contribution in [0.3, 0.4) is 0 Å². The number of fused-ring (bicyclic) bond motifs is 1. The molecule has 3 nitrogen and oxygen atoms in total. The SMILES string of the molecule is CNC(c1ccc(OC(C)C)cc1)c1nc2c(s1)CCC2. The van der Waals surface area contributed by atoms with Crippen LogP contribution in [0.15, 0.2) is 24.3 Å². The lowest BCUT2D eigenvalue weighted by Crippen LogP contribution is -2.17. The van der Waals surface area contributed by atoms with E-state index < -0.39 is 0 Å². The summed E-state index contributed by atoms with van der Waals surface area (Å²) in [6, 6.07) is 8.52. The van der Waals surface area contributed by atoms with Gasteiger partial charge in [0.05, 0.1) is 17.8 Å². The molecule has 1 aromatic heterocycles. The summed E-state index contributed by atoms with van der Waals surface area (Å²) in [4.78, 5) is 6.31. The second-order valence-electron chi connectivity index (χ2n) is 5.73. The smallest absolute Gasteiger partial charge is 0.119 e. The minimum atomic E-state index is 0.175. The molecular formula is C17H22N2OS. The van der Waals surface area contributed by atoms with Gasteiger partial charge in [0.15, 0.2) is 0 Å². The van der Waals surface area contributed by atoms with E-state index in [-0.39, 0.29) is 12.1 Å². The predicted octanol–water partition coefficient (Wildman–Crippen LogP) is 3.73. The maximum atomic E-state index is 5.70. The van der Waals surface area contributed by atoms with Gasteiger partial charge in [-0.25, -0.2) is 4.98 Å². The summed E-state index contributed by atoms with van der Waals surface area (Å²) in [6.07, 6.45) is 3.81. The number of aryl methyl sites for hydroxylation is 2. The summed E-state index contributed by atoms with van der Waals surface area (Å²) in [5, 5.41) is 4.57. The van der Waals surface area contributed by atoms with Crippen LogP contribution < -0.4 is 10.1 Å². The molecular weight excluding hydrogens is 280 g/mol. The highest BCUT2D eigenvalue weighted by molar-refractivity contribution is 7.11. The van der Waals surface area contributed by atoms with Gasteiger partial charge in [-0.05, 0) is 57.9 Å². The Morgan fingerprint density at radius 2 is 1.95 bits per heavy atom. The van der Waals surface area contributed by atoms with Crippen molar-refractivity contribution in [3.05, 3.63) is 45.4 Å². The van der Waals surface area contributed by atoms with Gasteiger partial charge in [0, 0.05) is 4.88 Å². The number of thiazole rings is 1. The Balaban J connectivity index is 1.82. The van der Waals surface area contributed by atoms with Gasteiger partial charge in [-0.3, -0.25) is 0 Å². The van der Waals surface area contributed by atoms with Gasteiger partial charge in [0.25, 0.3) is 0 Å². The number of nitrogens with zero attached hydrogens (tertiary/aromatic N) is 1. The molecule has 21 heavy (non-hydrogen) atoms. The third-order valence-corrected chi connectivity index (χ3v) is 4.96. The summed E-state index contributed by atoms with van der Waals surface area (Å²) < 4.78 is 5.70. The Morgan fingerprint density at radius 1 is 1.19 bits per heavy atom. The molecule has 112 valence electrons. The highest BCUT2D eigenvalue weighted by Gasteiger charge is 2.22. The van der Waals surface area contributed by atoms with E-state index in [0.717, 1.165) is 12.2 Å². The predicted molar refractivity (Wildman–Crippen MR) is 87.2 cm³/mol. The highest BCUT2D eigenvalue weighted by atomic mass is 32.1. The number of rotatable bonds is 5. The normalized spacial score (nSPS) is 15.2. The van der Waals surface area contributed by atoms with Gasteiger partial charge in [0.2, 0.25) is 0 Å². The molecule has 1 heterocycles. The van der Waals surface area contributed by atoms with Crippen molar-refractivity contribution in [3.63, 3.8) is 0 Å². The number of aromatic nitrogens is 1. The molecule has 0 fully saturated rings. The van der Waals surface area contributed by atoms with Crippen molar-refractivity contribution < 1.29 is 4.74 Å². The van der Waals surface area contributed by atoms with Gasteiger partial charge in [-0.1, -0.05) is 12.1 Å². The molecule has 1 aliphatic rings. The van der Waals surface area contributed by atoms with Crippen molar-refractivity contribution >= 4 is 11.3 Å². The maximum absolute atomic E-state index is 5.70. The summed E-state index contributed by atoms with van der Waals surface area (Å²) in [5.41, 5.74) is 2.55. The first-order chi connectivity index (χ1) is 10.2. The van der Waals surface area contributed by atoms with E-state index >= 15 is 0 Å². The Kier molecular flexibility index (Phi) is 4.27. The molecule has 1 N–H and O–H groups in total. The molecule has 0 saturated carbocycles. The zero-order valence-electron chi connectivity index (χ0n) is 12.8. The number of hydrogen-bond donors (Lipinski definition) is 1. The molecule has 0 amide bonds. The Labute approximate surface area is 130 Å². The van der Waals surface area contributed by atoms with Crippen LogP contribution in [0.5, 0.6) is 5.75 Å². The second kappa shape index (κ2) is 6.16. The van der Waals surface area contributed by atoms with Crippen LogP contribution in [0, 0.1) is 0 Å². The van der Waals surface area contributed by atoms with Gasteiger partial charge < -0.3 is 10.1 Å². The van der Waals surface area contributed by atoms with E-state index in [1.54, 1.807) is 0 Å². The summed E-state index contributed by atoms with van der Waals surface area (Å²) in [6.45, 7) is 4.09. The van der Waals surface area contributed by atoms with Crippen LogP contribution >= 0.6 is 11.3 Å². The third kappa shape index (κ3) is 3.11. The van der Waals surface area contributed by atoms with E-state index in [1.807, 2.05) is 44.4 Å². The average molecular weight is 302 g/mol. The summed E-state index contributed by atoms with van der Waals surface area (Å²) in [5.74, 6) is 0.922. The van der Waals surface area contributed by atoms with Crippen LogP contribution in [0.1, 0.15) is 47.5 Å². The Bertz CT molecular complexity index is 582. The molecule has 1 aliphatic carbocycles. The standard InChI is InChI=1S/C17H22N2OS/c1-11(2)20-13-9-7-12(8-10-13)16(18-3)17-19-14-5-4-6-15(14)21-17/h7-11,16,18H,4-6H2,1-3H3. The molecule has 0 aliphatic heterocycles. The van der Waals surface area contributed by atoms with Gasteiger partial charge in [-0.2, -0.15) is 0 Å². The van der Waals surface area contributed by atoms with Crippen molar-refractivity contribution in [1.29, 1.82) is 0 Å². The minimum absolute atomic E-state index is 0.175. The molecule has 0 radical (unpaired) electrons. The minimum Gasteiger partial charge on any atom is -0.491 e. The quantitative estimate of drug-likeness (QED) is 0.914. The number of hydrogen-bond acceptors (Lipinski definition) is 4. The lowest BCUT2D eigenvalue weighted by molar-refractivity contribution is 0.242. The van der Waals surface area contributed by atoms with Crippen LogP contribution in [-0.4, -0.2) is 18.1 Å². The van der Waals surface area contributed by atoms with Gasteiger partial charge in [-0.15, -0.1) is 11.3 Å². The van der Waals surface area contributed by atoms with Crippen LogP contribution in [0.4, 0.5) is 0 Å². The Morgan fingerprint density at radius 3 is 2.57 bits per heavy atom. The zero-order chi connectivity index (χ0) is 14.8. The molecule has 0 saturated heterocycles. The first-order valence-electron chi connectivity index (χ1n) is 7.59. The number of benzene rings is 1. The summed E-state index contributed by atoms with van der Waals surface area (Å²) >= 11 is 1.86. The molecule has 4 heteroatoms. The molecule has 0 bridgehead atoms. The fraction of sp³-hybridized carbons (Fsp3) is 0.471.